The molecule has 2 aromatic rings. The van der Waals surface area contributed by atoms with Crippen molar-refractivity contribution in [2.45, 2.75) is 70.7 Å². The zero-order chi connectivity index (χ0) is 31.8. The molecule has 13 nitrogen and oxygen atoms in total. The lowest BCUT2D eigenvalue weighted by Gasteiger charge is -2.22. The number of ether oxygens (including phenoxy) is 1. The Kier molecular flexibility index (Phi) is 10.8. The number of rotatable bonds is 12. The van der Waals surface area contributed by atoms with Crippen LogP contribution in [0.3, 0.4) is 0 Å². The first-order chi connectivity index (χ1) is 20.3. The summed E-state index contributed by atoms with van der Waals surface area (Å²) in [4.78, 5) is 73.1. The zero-order valence-electron chi connectivity index (χ0n) is 24.6. The van der Waals surface area contributed by atoms with E-state index in [1.165, 1.54) is 34.6 Å². The van der Waals surface area contributed by atoms with Crippen LogP contribution in [0.1, 0.15) is 51.7 Å². The smallest absolute Gasteiger partial charge is 0.407 e. The molecule has 0 saturated heterocycles. The predicted molar refractivity (Wildman–Crippen MR) is 156 cm³/mol. The first-order valence-corrected chi connectivity index (χ1v) is 13.9. The molecule has 0 heterocycles. The van der Waals surface area contributed by atoms with Crippen molar-refractivity contribution < 1.29 is 38.6 Å². The van der Waals surface area contributed by atoms with Gasteiger partial charge >= 0.3 is 12.1 Å². The molecule has 6 N–H and O–H groups in total. The third-order valence-electron chi connectivity index (χ3n) is 7.06. The highest BCUT2D eigenvalue weighted by Gasteiger charge is 2.30. The fourth-order valence-corrected chi connectivity index (χ4v) is 4.49. The lowest BCUT2D eigenvalue weighted by Crippen LogP contribution is -2.56. The topological polar surface area (TPSA) is 192 Å². The molecule has 3 rings (SSSR count). The van der Waals surface area contributed by atoms with Gasteiger partial charge in [0.2, 0.25) is 23.6 Å². The Balaban J connectivity index is 1.44. The standard InChI is InChI=1S/C30H37N5O8/c1-15(25(36)32-17(3)27(38)34-19(5)29(40)41)31-26(37)16(2)33-28(39)18(4)35-30(42)43-14-24-22-12-8-6-10-20(22)21-11-7-9-13-23(21)24/h6-13,15-19,24H,14H2,1-5H3,(H,31,37)(H,32,36)(H,33,39)(H,34,38)(H,35,42)(H,40,41)/t15-,16+,17-,18+,19-/m1/s1. The Morgan fingerprint density at radius 1 is 0.605 bits per heavy atom. The van der Waals surface area contributed by atoms with Gasteiger partial charge in [-0.3, -0.25) is 24.0 Å². The molecule has 1 aliphatic carbocycles. The van der Waals surface area contributed by atoms with Crippen LogP contribution in [0.15, 0.2) is 48.5 Å². The largest absolute Gasteiger partial charge is 0.480 e. The molecular formula is C30H37N5O8. The molecule has 0 fully saturated rings. The number of carbonyl (C=O) groups is 6. The number of nitrogens with one attached hydrogen (secondary N) is 5. The molecule has 0 aliphatic heterocycles. The van der Waals surface area contributed by atoms with E-state index < -0.39 is 65.9 Å². The van der Waals surface area contributed by atoms with Crippen LogP contribution in [0.5, 0.6) is 0 Å². The van der Waals surface area contributed by atoms with Crippen molar-refractivity contribution in [3.63, 3.8) is 0 Å². The summed E-state index contributed by atoms with van der Waals surface area (Å²) in [6.45, 7) is 6.95. The quantitative estimate of drug-likeness (QED) is 0.209. The predicted octanol–water partition coefficient (Wildman–Crippen LogP) is 1.02. The highest BCUT2D eigenvalue weighted by atomic mass is 16.5. The van der Waals surface area contributed by atoms with Crippen LogP contribution in [0.2, 0.25) is 0 Å². The molecule has 0 aromatic heterocycles. The second-order valence-corrected chi connectivity index (χ2v) is 10.5. The van der Waals surface area contributed by atoms with E-state index in [4.69, 9.17) is 9.84 Å². The number of hydrogen-bond donors (Lipinski definition) is 6. The average molecular weight is 596 g/mol. The van der Waals surface area contributed by atoms with Gasteiger partial charge in [0.05, 0.1) is 0 Å². The maximum atomic E-state index is 12.6. The molecule has 5 atom stereocenters. The fraction of sp³-hybridized carbons (Fsp3) is 0.400. The van der Waals surface area contributed by atoms with E-state index in [-0.39, 0.29) is 12.5 Å². The van der Waals surface area contributed by atoms with E-state index in [0.717, 1.165) is 22.3 Å². The molecular weight excluding hydrogens is 558 g/mol. The Labute approximate surface area is 249 Å². The number of alkyl carbamates (subject to hydrolysis) is 1. The van der Waals surface area contributed by atoms with Gasteiger partial charge in [-0.05, 0) is 56.9 Å². The summed E-state index contributed by atoms with van der Waals surface area (Å²) in [7, 11) is 0. The van der Waals surface area contributed by atoms with Crippen molar-refractivity contribution in [2.75, 3.05) is 6.61 Å². The summed E-state index contributed by atoms with van der Waals surface area (Å²) in [5.41, 5.74) is 4.28. The molecule has 0 saturated carbocycles. The summed E-state index contributed by atoms with van der Waals surface area (Å²) < 4.78 is 5.46. The Bertz CT molecular complexity index is 1350. The van der Waals surface area contributed by atoms with Crippen LogP contribution in [-0.2, 0) is 28.7 Å². The Morgan fingerprint density at radius 2 is 0.953 bits per heavy atom. The van der Waals surface area contributed by atoms with Gasteiger partial charge < -0.3 is 36.4 Å². The van der Waals surface area contributed by atoms with E-state index in [1.807, 2.05) is 48.5 Å². The van der Waals surface area contributed by atoms with Gasteiger partial charge in [0, 0.05) is 5.92 Å². The minimum absolute atomic E-state index is 0.0752. The van der Waals surface area contributed by atoms with Crippen LogP contribution in [0.25, 0.3) is 11.1 Å². The van der Waals surface area contributed by atoms with Crippen molar-refractivity contribution in [1.82, 2.24) is 26.6 Å². The van der Waals surface area contributed by atoms with Crippen LogP contribution in [-0.4, -0.2) is 77.6 Å². The summed E-state index contributed by atoms with van der Waals surface area (Å²) in [6.07, 6.45) is -0.789. The lowest BCUT2D eigenvalue weighted by atomic mass is 9.98. The van der Waals surface area contributed by atoms with Gasteiger partial charge in [0.25, 0.3) is 0 Å². The molecule has 5 amide bonds. The van der Waals surface area contributed by atoms with Gasteiger partial charge in [0.1, 0.15) is 36.8 Å². The molecule has 43 heavy (non-hydrogen) atoms. The maximum absolute atomic E-state index is 12.6. The van der Waals surface area contributed by atoms with Crippen molar-refractivity contribution in [1.29, 1.82) is 0 Å². The van der Waals surface area contributed by atoms with Gasteiger partial charge in [0.15, 0.2) is 0 Å². The molecule has 1 aliphatic rings. The molecule has 0 radical (unpaired) electrons. The number of hydrogen-bond acceptors (Lipinski definition) is 7. The first kappa shape index (κ1) is 32.6. The third-order valence-corrected chi connectivity index (χ3v) is 7.06. The van der Waals surface area contributed by atoms with Crippen molar-refractivity contribution in [3.8, 4) is 11.1 Å². The summed E-state index contributed by atoms with van der Waals surface area (Å²) in [5.74, 6) is -4.10. The van der Waals surface area contributed by atoms with E-state index in [9.17, 15) is 28.8 Å². The van der Waals surface area contributed by atoms with Crippen molar-refractivity contribution in [2.24, 2.45) is 0 Å². The summed E-state index contributed by atoms with van der Waals surface area (Å²) in [5, 5.41) is 20.9. The van der Waals surface area contributed by atoms with Gasteiger partial charge in [-0.1, -0.05) is 48.5 Å². The number of carboxylic acid groups (broad SMARTS) is 1. The molecule has 230 valence electrons. The second kappa shape index (κ2) is 14.3. The van der Waals surface area contributed by atoms with Crippen LogP contribution >= 0.6 is 0 Å². The van der Waals surface area contributed by atoms with E-state index in [0.29, 0.717) is 0 Å². The minimum atomic E-state index is -1.23. The number of carbonyl (C=O) groups excluding carboxylic acids is 5. The first-order valence-electron chi connectivity index (χ1n) is 13.9. The maximum Gasteiger partial charge on any atom is 0.407 e. The van der Waals surface area contributed by atoms with Crippen molar-refractivity contribution >= 4 is 35.7 Å². The van der Waals surface area contributed by atoms with Crippen molar-refractivity contribution in [3.05, 3.63) is 59.7 Å². The van der Waals surface area contributed by atoms with E-state index in [1.54, 1.807) is 0 Å². The summed E-state index contributed by atoms with van der Waals surface area (Å²) in [6, 6.07) is 10.4. The number of carboxylic acids is 1. The van der Waals surface area contributed by atoms with Gasteiger partial charge in [-0.2, -0.15) is 0 Å². The minimum Gasteiger partial charge on any atom is -0.480 e. The summed E-state index contributed by atoms with van der Waals surface area (Å²) >= 11 is 0. The SMILES string of the molecule is C[C@H](NC(=O)OCC1c2ccccc2-c2ccccc21)C(=O)N[C@@H](C)C(=O)N[C@H](C)C(=O)N[C@H](C)C(=O)N[C@H](C)C(=O)O. The fourth-order valence-electron chi connectivity index (χ4n) is 4.49. The monoisotopic (exact) mass is 595 g/mol. The molecule has 0 bridgehead atoms. The Hall–Kier alpha value is -4.94. The number of amides is 5. The number of fused-ring (bicyclic) bond motifs is 3. The van der Waals surface area contributed by atoms with Gasteiger partial charge in [-0.15, -0.1) is 0 Å². The lowest BCUT2D eigenvalue weighted by molar-refractivity contribution is -0.141. The molecule has 0 unspecified atom stereocenters. The second-order valence-electron chi connectivity index (χ2n) is 10.5. The van der Waals surface area contributed by atoms with Crippen LogP contribution in [0.4, 0.5) is 4.79 Å². The van der Waals surface area contributed by atoms with Crippen LogP contribution < -0.4 is 26.6 Å². The van der Waals surface area contributed by atoms with E-state index in [2.05, 4.69) is 26.6 Å². The molecule has 13 heteroatoms. The number of benzene rings is 2. The molecule has 2 aromatic carbocycles. The highest BCUT2D eigenvalue weighted by molar-refractivity contribution is 5.95. The van der Waals surface area contributed by atoms with Crippen LogP contribution in [0, 0.1) is 0 Å². The molecule has 0 spiro atoms. The van der Waals surface area contributed by atoms with E-state index >= 15 is 0 Å². The Morgan fingerprint density at radius 3 is 1.35 bits per heavy atom. The average Bonchev–Trinajstić information content (AvgIpc) is 3.29. The van der Waals surface area contributed by atoms with Gasteiger partial charge in [-0.25, -0.2) is 4.79 Å². The zero-order valence-corrected chi connectivity index (χ0v) is 24.6. The number of aliphatic carboxylic acids is 1. The normalized spacial score (nSPS) is 15.3. The highest BCUT2D eigenvalue weighted by Crippen LogP contribution is 2.44. The third kappa shape index (κ3) is 8.31.